The minimum atomic E-state index is -0.125. The van der Waals surface area contributed by atoms with E-state index >= 15 is 0 Å². The van der Waals surface area contributed by atoms with Crippen molar-refractivity contribution in [2.24, 2.45) is 0 Å². The summed E-state index contributed by atoms with van der Waals surface area (Å²) in [4.78, 5) is 12.4. The molecule has 0 radical (unpaired) electrons. The second-order valence-electron chi connectivity index (χ2n) is 7.18. The van der Waals surface area contributed by atoms with Gasteiger partial charge in [-0.1, -0.05) is 49.3 Å². The second-order valence-corrected chi connectivity index (χ2v) is 9.91. The molecule has 4 rings (SSSR count). The number of nitrogens with one attached hydrogen (secondary N) is 1. The van der Waals surface area contributed by atoms with Crippen molar-refractivity contribution >= 4 is 50.1 Å². The summed E-state index contributed by atoms with van der Waals surface area (Å²) in [6, 6.07) is 3.67. The number of thioether (sulfide) groups is 1. The lowest BCUT2D eigenvalue weighted by molar-refractivity contribution is -0.113. The summed E-state index contributed by atoms with van der Waals surface area (Å²) in [6.45, 7) is 2.83. The third-order valence-electron chi connectivity index (χ3n) is 4.93. The van der Waals surface area contributed by atoms with Crippen LogP contribution in [0.2, 0.25) is 0 Å². The largest absolute Gasteiger partial charge is 0.446 e. The van der Waals surface area contributed by atoms with Gasteiger partial charge in [-0.15, -0.1) is 20.4 Å². The lowest BCUT2D eigenvalue weighted by atomic mass is 9.90. The lowest BCUT2D eigenvalue weighted by Gasteiger charge is -2.18. The Labute approximate surface area is 191 Å². The van der Waals surface area contributed by atoms with Crippen LogP contribution in [0, 0.1) is 0 Å². The van der Waals surface area contributed by atoms with E-state index in [9.17, 15) is 4.79 Å². The predicted octanol–water partition coefficient (Wildman–Crippen LogP) is 5.34. The van der Waals surface area contributed by atoms with Crippen LogP contribution in [-0.2, 0) is 11.3 Å². The number of halogens is 1. The van der Waals surface area contributed by atoms with Gasteiger partial charge in [-0.25, -0.2) is 0 Å². The van der Waals surface area contributed by atoms with Crippen molar-refractivity contribution in [1.29, 1.82) is 0 Å². The molecule has 3 aromatic heterocycles. The highest BCUT2D eigenvalue weighted by Gasteiger charge is 2.21. The van der Waals surface area contributed by atoms with Gasteiger partial charge in [0.15, 0.2) is 15.6 Å². The van der Waals surface area contributed by atoms with Crippen molar-refractivity contribution < 1.29 is 9.21 Å². The normalized spacial score (nSPS) is 14.9. The number of anilines is 1. The van der Waals surface area contributed by atoms with Gasteiger partial charge in [-0.2, -0.15) is 0 Å². The molecule has 1 N–H and O–H groups in total. The van der Waals surface area contributed by atoms with Crippen LogP contribution in [-0.4, -0.2) is 36.6 Å². The smallest absolute Gasteiger partial charge is 0.236 e. The molecule has 1 aliphatic rings. The van der Waals surface area contributed by atoms with Crippen molar-refractivity contribution in [2.75, 3.05) is 11.1 Å². The molecule has 160 valence electrons. The SMILES string of the molecule is CCCn1c(SCC(=O)Nc2nnc(C3CCCCC3)s2)nnc1-c1ccc(Br)o1. The van der Waals surface area contributed by atoms with Gasteiger partial charge in [-0.3, -0.25) is 14.7 Å². The molecule has 0 spiro atoms. The molecule has 8 nitrogen and oxygen atoms in total. The molecule has 3 aromatic rings. The van der Waals surface area contributed by atoms with Crippen LogP contribution in [0.25, 0.3) is 11.6 Å². The third-order valence-corrected chi connectivity index (χ3v) is 7.33. The molecule has 1 fully saturated rings. The Bertz CT molecular complexity index is 995. The summed E-state index contributed by atoms with van der Waals surface area (Å²) in [7, 11) is 0. The van der Waals surface area contributed by atoms with E-state index in [2.05, 4.69) is 48.6 Å². The summed E-state index contributed by atoms with van der Waals surface area (Å²) in [5, 5.41) is 22.1. The molecule has 1 saturated carbocycles. The Kier molecular flexibility index (Phi) is 7.21. The number of carbonyl (C=O) groups excluding carboxylic acids is 1. The number of hydrogen-bond acceptors (Lipinski definition) is 8. The highest BCUT2D eigenvalue weighted by atomic mass is 79.9. The van der Waals surface area contributed by atoms with Gasteiger partial charge in [0.2, 0.25) is 16.9 Å². The van der Waals surface area contributed by atoms with Crippen LogP contribution >= 0.6 is 39.0 Å². The van der Waals surface area contributed by atoms with Gasteiger partial charge < -0.3 is 4.42 Å². The van der Waals surface area contributed by atoms with Crippen LogP contribution in [0.1, 0.15) is 56.4 Å². The van der Waals surface area contributed by atoms with E-state index in [0.717, 1.165) is 18.0 Å². The van der Waals surface area contributed by atoms with E-state index < -0.39 is 0 Å². The predicted molar refractivity (Wildman–Crippen MR) is 121 cm³/mol. The van der Waals surface area contributed by atoms with Crippen molar-refractivity contribution in [1.82, 2.24) is 25.0 Å². The Balaban J connectivity index is 1.37. The van der Waals surface area contributed by atoms with Crippen LogP contribution in [0.4, 0.5) is 5.13 Å². The van der Waals surface area contributed by atoms with Crippen LogP contribution < -0.4 is 5.32 Å². The van der Waals surface area contributed by atoms with Gasteiger partial charge in [-0.05, 0) is 47.3 Å². The van der Waals surface area contributed by atoms with E-state index in [4.69, 9.17) is 4.42 Å². The molecule has 0 saturated heterocycles. The molecule has 30 heavy (non-hydrogen) atoms. The lowest BCUT2D eigenvalue weighted by Crippen LogP contribution is -2.14. The van der Waals surface area contributed by atoms with Gasteiger partial charge in [0.05, 0.1) is 5.75 Å². The van der Waals surface area contributed by atoms with Gasteiger partial charge >= 0.3 is 0 Å². The summed E-state index contributed by atoms with van der Waals surface area (Å²) >= 11 is 6.16. The summed E-state index contributed by atoms with van der Waals surface area (Å²) in [6.07, 6.45) is 7.05. The van der Waals surface area contributed by atoms with Gasteiger partial charge in [0, 0.05) is 12.5 Å². The Morgan fingerprint density at radius 1 is 1.27 bits per heavy atom. The first-order valence-electron chi connectivity index (χ1n) is 10.1. The molecule has 0 atom stereocenters. The fraction of sp³-hybridized carbons (Fsp3) is 0.526. The van der Waals surface area contributed by atoms with E-state index in [-0.39, 0.29) is 11.7 Å². The molecule has 0 aliphatic heterocycles. The average molecular weight is 511 g/mol. The Morgan fingerprint density at radius 2 is 2.10 bits per heavy atom. The third kappa shape index (κ3) is 5.12. The summed E-state index contributed by atoms with van der Waals surface area (Å²) < 4.78 is 8.24. The zero-order chi connectivity index (χ0) is 20.9. The average Bonchev–Trinajstić information content (AvgIpc) is 3.48. The number of aromatic nitrogens is 5. The highest BCUT2D eigenvalue weighted by Crippen LogP contribution is 2.35. The number of hydrogen-bond donors (Lipinski definition) is 1. The van der Waals surface area contributed by atoms with Crippen molar-refractivity contribution in [2.45, 2.75) is 63.1 Å². The molecular formula is C19H23BrN6O2S2. The van der Waals surface area contributed by atoms with Gasteiger partial charge in [0.25, 0.3) is 0 Å². The second kappa shape index (κ2) is 10.1. The maximum atomic E-state index is 12.4. The van der Waals surface area contributed by atoms with Crippen LogP contribution in [0.5, 0.6) is 0 Å². The summed E-state index contributed by atoms with van der Waals surface area (Å²) in [5.74, 6) is 1.89. The first kappa shape index (κ1) is 21.5. The minimum Gasteiger partial charge on any atom is -0.446 e. The van der Waals surface area contributed by atoms with Crippen molar-refractivity contribution in [3.8, 4) is 11.6 Å². The van der Waals surface area contributed by atoms with E-state index in [1.807, 2.05) is 16.7 Å². The molecule has 0 aromatic carbocycles. The quantitative estimate of drug-likeness (QED) is 0.408. The Morgan fingerprint density at radius 3 is 2.83 bits per heavy atom. The fourth-order valence-electron chi connectivity index (χ4n) is 3.52. The first-order chi connectivity index (χ1) is 14.6. The van der Waals surface area contributed by atoms with E-state index in [0.29, 0.717) is 32.5 Å². The maximum absolute atomic E-state index is 12.4. The standard InChI is InChI=1S/C19H23BrN6O2S2/c1-2-10-26-16(13-8-9-14(20)28-13)22-25-19(26)29-11-15(27)21-18-24-23-17(30-18)12-6-4-3-5-7-12/h8-9,12H,2-7,10-11H2,1H3,(H,21,24,27). The molecule has 1 amide bonds. The van der Waals surface area contributed by atoms with Crippen molar-refractivity contribution in [3.05, 3.63) is 21.8 Å². The zero-order valence-electron chi connectivity index (χ0n) is 16.6. The number of carbonyl (C=O) groups is 1. The number of nitrogens with zero attached hydrogens (tertiary/aromatic N) is 5. The topological polar surface area (TPSA) is 98.7 Å². The van der Waals surface area contributed by atoms with Crippen LogP contribution in [0.15, 0.2) is 26.4 Å². The first-order valence-corrected chi connectivity index (χ1v) is 12.7. The minimum absolute atomic E-state index is 0.125. The number of amides is 1. The van der Waals surface area contributed by atoms with Crippen molar-refractivity contribution in [3.63, 3.8) is 0 Å². The zero-order valence-corrected chi connectivity index (χ0v) is 19.9. The molecule has 11 heteroatoms. The van der Waals surface area contributed by atoms with Gasteiger partial charge in [0.1, 0.15) is 5.01 Å². The summed E-state index contributed by atoms with van der Waals surface area (Å²) in [5.41, 5.74) is 0. The highest BCUT2D eigenvalue weighted by molar-refractivity contribution is 9.10. The molecule has 3 heterocycles. The van der Waals surface area contributed by atoms with E-state index in [1.54, 1.807) is 0 Å². The Hall–Kier alpha value is -1.72. The monoisotopic (exact) mass is 510 g/mol. The molecule has 0 unspecified atom stereocenters. The fourth-order valence-corrected chi connectivity index (χ4v) is 5.52. The number of furan rings is 1. The molecular weight excluding hydrogens is 488 g/mol. The van der Waals surface area contributed by atoms with E-state index in [1.165, 1.54) is 55.2 Å². The number of rotatable bonds is 8. The molecule has 0 bridgehead atoms. The molecule has 1 aliphatic carbocycles. The van der Waals surface area contributed by atoms with Crippen LogP contribution in [0.3, 0.4) is 0 Å². The maximum Gasteiger partial charge on any atom is 0.236 e.